The monoisotopic (exact) mass is 380 g/mol. The van der Waals surface area contributed by atoms with Crippen LogP contribution in [0.25, 0.3) is 17.2 Å². The van der Waals surface area contributed by atoms with Crippen LogP contribution in [0.4, 0.5) is 4.39 Å². The fourth-order valence-electron chi connectivity index (χ4n) is 2.66. The highest BCUT2D eigenvalue weighted by Gasteiger charge is 2.09. The van der Waals surface area contributed by atoms with Gasteiger partial charge in [0.05, 0.1) is 6.04 Å². The number of nitrogens with one attached hydrogen (secondary N) is 1. The molecule has 0 saturated carbocycles. The van der Waals surface area contributed by atoms with Crippen molar-refractivity contribution in [3.8, 4) is 11.1 Å². The van der Waals surface area contributed by atoms with Crippen LogP contribution in [-0.4, -0.2) is 10.9 Å². The summed E-state index contributed by atoms with van der Waals surface area (Å²) in [6, 6.07) is 17.4. The van der Waals surface area contributed by atoms with Gasteiger partial charge in [0.2, 0.25) is 5.91 Å². The van der Waals surface area contributed by atoms with Crippen LogP contribution >= 0.6 is 11.6 Å². The molecular weight excluding hydrogens is 363 g/mol. The molecule has 1 N–H and O–H groups in total. The number of nitrogens with zero attached hydrogens (tertiary/aromatic N) is 1. The number of hydrogen-bond donors (Lipinski definition) is 1. The fourth-order valence-corrected chi connectivity index (χ4v) is 2.77. The standard InChI is InChI=1S/C22H18ClFN2O/c1-15(26-22(27)11-8-16-4-2-7-20(24)12-16)17-5-3-6-18(13-17)19-9-10-21(23)25-14-19/h2-15H,1H3,(H,26,27). The highest BCUT2D eigenvalue weighted by atomic mass is 35.5. The molecule has 3 rings (SSSR count). The highest BCUT2D eigenvalue weighted by molar-refractivity contribution is 6.29. The van der Waals surface area contributed by atoms with E-state index in [1.807, 2.05) is 37.3 Å². The Kier molecular flexibility index (Phi) is 5.99. The predicted octanol–water partition coefficient (Wildman–Crippen LogP) is 5.43. The molecule has 0 spiro atoms. The minimum absolute atomic E-state index is 0.185. The van der Waals surface area contributed by atoms with E-state index in [1.165, 1.54) is 18.2 Å². The van der Waals surface area contributed by atoms with Gasteiger partial charge in [0.1, 0.15) is 11.0 Å². The Morgan fingerprint density at radius 2 is 1.93 bits per heavy atom. The summed E-state index contributed by atoms with van der Waals surface area (Å²) in [5.41, 5.74) is 3.55. The van der Waals surface area contributed by atoms with Crippen molar-refractivity contribution in [3.05, 3.63) is 95.0 Å². The molecule has 0 bridgehead atoms. The Balaban J connectivity index is 1.68. The maximum atomic E-state index is 13.2. The van der Waals surface area contributed by atoms with Crippen molar-refractivity contribution in [2.24, 2.45) is 0 Å². The van der Waals surface area contributed by atoms with E-state index in [1.54, 1.807) is 30.5 Å². The van der Waals surface area contributed by atoms with Gasteiger partial charge in [-0.1, -0.05) is 41.9 Å². The molecule has 3 aromatic rings. The molecule has 136 valence electrons. The number of pyridine rings is 1. The SMILES string of the molecule is CC(NC(=O)C=Cc1cccc(F)c1)c1cccc(-c2ccc(Cl)nc2)c1. The van der Waals surface area contributed by atoms with Crippen LogP contribution < -0.4 is 5.32 Å². The third-order valence-electron chi connectivity index (χ3n) is 4.08. The lowest BCUT2D eigenvalue weighted by Crippen LogP contribution is -2.24. The number of aromatic nitrogens is 1. The Hall–Kier alpha value is -2.98. The molecular formula is C22H18ClFN2O. The van der Waals surface area contributed by atoms with Gasteiger partial charge in [0.25, 0.3) is 0 Å². The van der Waals surface area contributed by atoms with E-state index in [0.29, 0.717) is 10.7 Å². The number of halogens is 2. The Labute approximate surface area is 162 Å². The van der Waals surface area contributed by atoms with Gasteiger partial charge in [-0.25, -0.2) is 9.37 Å². The quantitative estimate of drug-likeness (QED) is 0.473. The molecule has 0 aliphatic carbocycles. The lowest BCUT2D eigenvalue weighted by atomic mass is 10.0. The lowest BCUT2D eigenvalue weighted by molar-refractivity contribution is -0.117. The Morgan fingerprint density at radius 1 is 1.11 bits per heavy atom. The molecule has 1 amide bonds. The lowest BCUT2D eigenvalue weighted by Gasteiger charge is -2.14. The zero-order valence-electron chi connectivity index (χ0n) is 14.7. The third-order valence-corrected chi connectivity index (χ3v) is 4.31. The molecule has 0 aliphatic heterocycles. The summed E-state index contributed by atoms with van der Waals surface area (Å²) in [7, 11) is 0. The molecule has 5 heteroatoms. The summed E-state index contributed by atoms with van der Waals surface area (Å²) < 4.78 is 13.2. The number of amides is 1. The zero-order valence-corrected chi connectivity index (χ0v) is 15.5. The van der Waals surface area contributed by atoms with E-state index in [0.717, 1.165) is 16.7 Å². The summed E-state index contributed by atoms with van der Waals surface area (Å²) >= 11 is 5.83. The van der Waals surface area contributed by atoms with Gasteiger partial charge in [0, 0.05) is 17.8 Å². The molecule has 0 fully saturated rings. The van der Waals surface area contributed by atoms with E-state index >= 15 is 0 Å². The first-order valence-corrected chi connectivity index (χ1v) is 8.85. The smallest absolute Gasteiger partial charge is 0.244 e. The maximum absolute atomic E-state index is 13.2. The largest absolute Gasteiger partial charge is 0.346 e. The fraction of sp³-hybridized carbons (Fsp3) is 0.0909. The molecule has 0 aliphatic rings. The second kappa shape index (κ2) is 8.60. The zero-order chi connectivity index (χ0) is 19.2. The van der Waals surface area contributed by atoms with Crippen LogP contribution in [0.2, 0.25) is 5.15 Å². The van der Waals surface area contributed by atoms with E-state index in [2.05, 4.69) is 10.3 Å². The van der Waals surface area contributed by atoms with Crippen molar-refractivity contribution in [2.75, 3.05) is 0 Å². The average molecular weight is 381 g/mol. The van der Waals surface area contributed by atoms with Crippen LogP contribution in [0.1, 0.15) is 24.1 Å². The van der Waals surface area contributed by atoms with E-state index in [-0.39, 0.29) is 17.8 Å². The second-order valence-corrected chi connectivity index (χ2v) is 6.50. The second-order valence-electron chi connectivity index (χ2n) is 6.11. The van der Waals surface area contributed by atoms with Crippen molar-refractivity contribution in [3.63, 3.8) is 0 Å². The normalized spacial score (nSPS) is 12.1. The predicted molar refractivity (Wildman–Crippen MR) is 107 cm³/mol. The Bertz CT molecular complexity index is 970. The first kappa shape index (κ1) is 18.8. The van der Waals surface area contributed by atoms with Crippen molar-refractivity contribution in [1.82, 2.24) is 10.3 Å². The van der Waals surface area contributed by atoms with Crippen molar-refractivity contribution in [2.45, 2.75) is 13.0 Å². The Morgan fingerprint density at radius 3 is 2.67 bits per heavy atom. The molecule has 3 nitrogen and oxygen atoms in total. The first-order chi connectivity index (χ1) is 13.0. The van der Waals surface area contributed by atoms with Crippen LogP contribution in [0.3, 0.4) is 0 Å². The van der Waals surface area contributed by atoms with Crippen LogP contribution in [0.5, 0.6) is 0 Å². The molecule has 1 unspecified atom stereocenters. The van der Waals surface area contributed by atoms with E-state index in [9.17, 15) is 9.18 Å². The average Bonchev–Trinajstić information content (AvgIpc) is 2.67. The molecule has 0 radical (unpaired) electrons. The maximum Gasteiger partial charge on any atom is 0.244 e. The van der Waals surface area contributed by atoms with Gasteiger partial charge < -0.3 is 5.32 Å². The summed E-state index contributed by atoms with van der Waals surface area (Å²) in [6.45, 7) is 1.91. The van der Waals surface area contributed by atoms with Gasteiger partial charge in [-0.3, -0.25) is 4.79 Å². The van der Waals surface area contributed by atoms with Gasteiger partial charge in [0.15, 0.2) is 0 Å². The summed E-state index contributed by atoms with van der Waals surface area (Å²) in [4.78, 5) is 16.3. The van der Waals surface area contributed by atoms with Gasteiger partial charge in [-0.2, -0.15) is 0 Å². The van der Waals surface area contributed by atoms with Crippen molar-refractivity contribution in [1.29, 1.82) is 0 Å². The van der Waals surface area contributed by atoms with Gasteiger partial charge >= 0.3 is 0 Å². The molecule has 0 saturated heterocycles. The molecule has 27 heavy (non-hydrogen) atoms. The number of hydrogen-bond acceptors (Lipinski definition) is 2. The minimum Gasteiger partial charge on any atom is -0.346 e. The molecule has 1 heterocycles. The van der Waals surface area contributed by atoms with Gasteiger partial charge in [-0.05, 0) is 60.0 Å². The minimum atomic E-state index is -0.334. The van der Waals surface area contributed by atoms with E-state index < -0.39 is 0 Å². The van der Waals surface area contributed by atoms with Crippen molar-refractivity contribution >= 4 is 23.6 Å². The molecule has 2 aromatic carbocycles. The van der Waals surface area contributed by atoms with Crippen molar-refractivity contribution < 1.29 is 9.18 Å². The number of carbonyl (C=O) groups is 1. The number of rotatable bonds is 5. The molecule has 1 aromatic heterocycles. The number of carbonyl (C=O) groups excluding carboxylic acids is 1. The molecule has 1 atom stereocenters. The topological polar surface area (TPSA) is 42.0 Å². The third kappa shape index (κ3) is 5.25. The summed E-state index contributed by atoms with van der Waals surface area (Å²) in [5, 5.41) is 3.36. The van der Waals surface area contributed by atoms with Crippen LogP contribution in [0, 0.1) is 5.82 Å². The van der Waals surface area contributed by atoms with Gasteiger partial charge in [-0.15, -0.1) is 0 Å². The van der Waals surface area contributed by atoms with Crippen LogP contribution in [0.15, 0.2) is 72.9 Å². The summed E-state index contributed by atoms with van der Waals surface area (Å²) in [6.07, 6.45) is 4.70. The first-order valence-electron chi connectivity index (χ1n) is 8.47. The number of benzene rings is 2. The summed E-state index contributed by atoms with van der Waals surface area (Å²) in [5.74, 6) is -0.579. The van der Waals surface area contributed by atoms with Crippen LogP contribution in [-0.2, 0) is 4.79 Å². The van der Waals surface area contributed by atoms with E-state index in [4.69, 9.17) is 11.6 Å². The highest BCUT2D eigenvalue weighted by Crippen LogP contribution is 2.23.